The number of methoxy groups -OCH3 is 1. The normalized spacial score (nSPS) is 24.6. The van der Waals surface area contributed by atoms with Gasteiger partial charge < -0.3 is 9.84 Å². The number of hydrogen-bond donors (Lipinski definition) is 2. The number of aromatic nitrogens is 2. The molecule has 0 aliphatic carbocycles. The summed E-state index contributed by atoms with van der Waals surface area (Å²) in [7, 11) is -2.70. The van der Waals surface area contributed by atoms with Gasteiger partial charge in [0.1, 0.15) is 10.9 Å². The molecule has 19 heavy (non-hydrogen) atoms. The monoisotopic (exact) mass is 289 g/mol. The molecule has 106 valence electrons. The standard InChI is InChI=1S/C10H15N3O5S/c1-6-9(4-11-12-6)19(16,17)13-5-7(14)3-8(13)10(15)18-2/h4,7-8,14H,3,5H2,1-2H3,(H,11,12). The fourth-order valence-electron chi connectivity index (χ4n) is 2.13. The second-order valence-electron chi connectivity index (χ2n) is 4.36. The fourth-order valence-corrected chi connectivity index (χ4v) is 3.87. The zero-order valence-corrected chi connectivity index (χ0v) is 11.3. The molecule has 2 unspecified atom stereocenters. The number of ether oxygens (including phenoxy) is 1. The van der Waals surface area contributed by atoms with Crippen LogP contribution in [0.4, 0.5) is 0 Å². The Hall–Kier alpha value is -1.45. The maximum absolute atomic E-state index is 12.4. The number of esters is 1. The second-order valence-corrected chi connectivity index (χ2v) is 6.22. The Morgan fingerprint density at radius 3 is 2.84 bits per heavy atom. The Labute approximate surface area is 110 Å². The van der Waals surface area contributed by atoms with Gasteiger partial charge in [-0.25, -0.2) is 8.42 Å². The summed E-state index contributed by atoms with van der Waals surface area (Å²) in [5.41, 5.74) is 0.380. The molecule has 0 spiro atoms. The highest BCUT2D eigenvalue weighted by atomic mass is 32.2. The number of H-pyrrole nitrogens is 1. The molecule has 0 saturated carbocycles. The summed E-state index contributed by atoms with van der Waals surface area (Å²) in [6.07, 6.45) is 0.332. The summed E-state index contributed by atoms with van der Waals surface area (Å²) in [6, 6.07) is -1.00. The highest BCUT2D eigenvalue weighted by Crippen LogP contribution is 2.27. The summed E-state index contributed by atoms with van der Waals surface area (Å²) in [4.78, 5) is 11.6. The first-order valence-corrected chi connectivity index (χ1v) is 7.09. The van der Waals surface area contributed by atoms with Crippen molar-refractivity contribution >= 4 is 16.0 Å². The van der Waals surface area contributed by atoms with Gasteiger partial charge in [0, 0.05) is 13.0 Å². The molecule has 2 rings (SSSR count). The summed E-state index contributed by atoms with van der Waals surface area (Å²) < 4.78 is 30.4. The lowest BCUT2D eigenvalue weighted by molar-refractivity contribution is -0.144. The van der Waals surface area contributed by atoms with E-state index in [-0.39, 0.29) is 17.9 Å². The largest absolute Gasteiger partial charge is 0.468 e. The van der Waals surface area contributed by atoms with Gasteiger partial charge >= 0.3 is 5.97 Å². The van der Waals surface area contributed by atoms with Crippen LogP contribution in [0.25, 0.3) is 0 Å². The Bertz CT molecular complexity index is 582. The van der Waals surface area contributed by atoms with E-state index >= 15 is 0 Å². The smallest absolute Gasteiger partial charge is 0.324 e. The molecule has 1 aliphatic heterocycles. The minimum atomic E-state index is -3.88. The zero-order chi connectivity index (χ0) is 14.2. The molecular weight excluding hydrogens is 274 g/mol. The highest BCUT2D eigenvalue weighted by Gasteiger charge is 2.44. The van der Waals surface area contributed by atoms with Crippen molar-refractivity contribution in [1.82, 2.24) is 14.5 Å². The molecule has 2 heterocycles. The van der Waals surface area contributed by atoms with Crippen LogP contribution in [-0.2, 0) is 19.6 Å². The number of aryl methyl sites for hydroxylation is 1. The molecule has 1 saturated heterocycles. The molecule has 1 aromatic rings. The van der Waals surface area contributed by atoms with E-state index in [0.717, 1.165) is 4.31 Å². The van der Waals surface area contributed by atoms with E-state index in [2.05, 4.69) is 14.9 Å². The Balaban J connectivity index is 2.39. The van der Waals surface area contributed by atoms with Crippen molar-refractivity contribution < 1.29 is 23.1 Å². The highest BCUT2D eigenvalue weighted by molar-refractivity contribution is 7.89. The molecule has 2 atom stereocenters. The van der Waals surface area contributed by atoms with Gasteiger partial charge in [0.25, 0.3) is 0 Å². The number of aliphatic hydroxyl groups excluding tert-OH is 1. The summed E-state index contributed by atoms with van der Waals surface area (Å²) in [5.74, 6) is -0.679. The van der Waals surface area contributed by atoms with Crippen molar-refractivity contribution in [2.45, 2.75) is 30.4 Å². The van der Waals surface area contributed by atoms with Crippen LogP contribution in [0.1, 0.15) is 12.1 Å². The van der Waals surface area contributed by atoms with Crippen molar-refractivity contribution in [3.8, 4) is 0 Å². The molecule has 0 radical (unpaired) electrons. The van der Waals surface area contributed by atoms with Crippen molar-refractivity contribution in [1.29, 1.82) is 0 Å². The van der Waals surface area contributed by atoms with Crippen molar-refractivity contribution in [3.05, 3.63) is 11.9 Å². The molecule has 2 N–H and O–H groups in total. The molecule has 8 nitrogen and oxygen atoms in total. The van der Waals surface area contributed by atoms with Crippen LogP contribution < -0.4 is 0 Å². The van der Waals surface area contributed by atoms with Crippen LogP contribution >= 0.6 is 0 Å². The number of β-amino-alcohol motifs (C(OH)–C–C–N with tert-alkyl or cyclic N) is 1. The number of sulfonamides is 1. The van der Waals surface area contributed by atoms with Crippen LogP contribution in [-0.4, -0.2) is 59.8 Å². The Morgan fingerprint density at radius 1 is 1.63 bits per heavy atom. The van der Waals surface area contributed by atoms with Gasteiger partial charge in [-0.05, 0) is 6.92 Å². The number of carbonyl (C=O) groups is 1. The van der Waals surface area contributed by atoms with Gasteiger partial charge in [0.15, 0.2) is 0 Å². The van der Waals surface area contributed by atoms with Gasteiger partial charge in [-0.3, -0.25) is 9.89 Å². The lowest BCUT2D eigenvalue weighted by Gasteiger charge is -2.21. The Morgan fingerprint density at radius 2 is 2.32 bits per heavy atom. The van der Waals surface area contributed by atoms with Crippen LogP contribution in [0.2, 0.25) is 0 Å². The van der Waals surface area contributed by atoms with Crippen molar-refractivity contribution in [3.63, 3.8) is 0 Å². The number of nitrogens with one attached hydrogen (secondary N) is 1. The van der Waals surface area contributed by atoms with Crippen molar-refractivity contribution in [2.24, 2.45) is 0 Å². The lowest BCUT2D eigenvalue weighted by Crippen LogP contribution is -2.41. The predicted molar refractivity (Wildman–Crippen MR) is 63.6 cm³/mol. The van der Waals surface area contributed by atoms with Gasteiger partial charge in [-0.15, -0.1) is 0 Å². The Kier molecular flexibility index (Phi) is 3.61. The molecule has 0 amide bonds. The number of hydrogen-bond acceptors (Lipinski definition) is 6. The predicted octanol–water partition coefficient (Wildman–Crippen LogP) is -0.985. The quantitative estimate of drug-likeness (QED) is 0.691. The molecule has 1 aliphatic rings. The fraction of sp³-hybridized carbons (Fsp3) is 0.600. The van der Waals surface area contributed by atoms with Crippen LogP contribution in [0, 0.1) is 6.92 Å². The number of aliphatic hydroxyl groups is 1. The first kappa shape index (κ1) is 14.0. The summed E-state index contributed by atoms with van der Waals surface area (Å²) in [6.45, 7) is 1.44. The van der Waals surface area contributed by atoms with E-state index in [0.29, 0.717) is 5.69 Å². The van der Waals surface area contributed by atoms with Crippen LogP contribution in [0.5, 0.6) is 0 Å². The van der Waals surface area contributed by atoms with Gasteiger partial charge in [-0.1, -0.05) is 0 Å². The maximum atomic E-state index is 12.4. The zero-order valence-electron chi connectivity index (χ0n) is 10.5. The molecule has 9 heteroatoms. The molecule has 1 aromatic heterocycles. The van der Waals surface area contributed by atoms with Crippen molar-refractivity contribution in [2.75, 3.05) is 13.7 Å². The second kappa shape index (κ2) is 4.91. The third kappa shape index (κ3) is 2.36. The SMILES string of the molecule is COC(=O)C1CC(O)CN1S(=O)(=O)c1cn[nH]c1C. The number of aromatic amines is 1. The lowest BCUT2D eigenvalue weighted by atomic mass is 10.2. The molecule has 0 aromatic carbocycles. The molecule has 1 fully saturated rings. The number of nitrogens with zero attached hydrogens (tertiary/aromatic N) is 2. The van der Waals surface area contributed by atoms with Gasteiger partial charge in [0.2, 0.25) is 10.0 Å². The summed E-state index contributed by atoms with van der Waals surface area (Å²) >= 11 is 0. The van der Waals surface area contributed by atoms with Crippen LogP contribution in [0.3, 0.4) is 0 Å². The molecular formula is C10H15N3O5S. The van der Waals surface area contributed by atoms with E-state index < -0.39 is 28.1 Å². The average Bonchev–Trinajstić information content (AvgIpc) is 2.94. The van der Waals surface area contributed by atoms with E-state index in [1.54, 1.807) is 6.92 Å². The average molecular weight is 289 g/mol. The van der Waals surface area contributed by atoms with E-state index in [9.17, 15) is 18.3 Å². The van der Waals surface area contributed by atoms with E-state index in [1.807, 2.05) is 0 Å². The third-order valence-electron chi connectivity index (χ3n) is 3.08. The molecule has 0 bridgehead atoms. The first-order chi connectivity index (χ1) is 8.87. The maximum Gasteiger partial charge on any atom is 0.324 e. The minimum Gasteiger partial charge on any atom is -0.468 e. The van der Waals surface area contributed by atoms with E-state index in [4.69, 9.17) is 0 Å². The van der Waals surface area contributed by atoms with Crippen LogP contribution in [0.15, 0.2) is 11.1 Å². The third-order valence-corrected chi connectivity index (χ3v) is 5.07. The number of carbonyl (C=O) groups excluding carboxylic acids is 1. The summed E-state index contributed by atoms with van der Waals surface area (Å²) in [5, 5.41) is 15.8. The topological polar surface area (TPSA) is 113 Å². The number of rotatable bonds is 3. The van der Waals surface area contributed by atoms with E-state index in [1.165, 1.54) is 13.3 Å². The minimum absolute atomic E-state index is 0.00416. The van der Waals surface area contributed by atoms with Gasteiger partial charge in [-0.2, -0.15) is 9.40 Å². The first-order valence-electron chi connectivity index (χ1n) is 5.65. The van der Waals surface area contributed by atoms with Gasteiger partial charge in [0.05, 0.1) is 25.1 Å².